The Bertz CT molecular complexity index is 483. The normalized spacial score (nSPS) is 9.88. The average molecular weight is 214 g/mol. The van der Waals surface area contributed by atoms with Crippen LogP contribution in [0, 0.1) is 6.92 Å². The SMILES string of the molecule is CNc1cccc(Oc2cccc(C)c2)n1. The molecule has 2 aromatic rings. The van der Waals surface area contributed by atoms with Crippen LogP contribution in [0.2, 0.25) is 0 Å². The van der Waals surface area contributed by atoms with Crippen LogP contribution in [0.25, 0.3) is 0 Å². The number of hydrogen-bond acceptors (Lipinski definition) is 3. The summed E-state index contributed by atoms with van der Waals surface area (Å²) in [5.74, 6) is 2.20. The second kappa shape index (κ2) is 4.66. The molecular formula is C13H14N2O. The van der Waals surface area contributed by atoms with E-state index in [-0.39, 0.29) is 0 Å². The van der Waals surface area contributed by atoms with Gasteiger partial charge < -0.3 is 10.1 Å². The molecule has 82 valence electrons. The Morgan fingerprint density at radius 1 is 1.12 bits per heavy atom. The van der Waals surface area contributed by atoms with Crippen LogP contribution in [0.1, 0.15) is 5.56 Å². The molecule has 1 aromatic carbocycles. The molecule has 0 spiro atoms. The molecule has 0 atom stereocenters. The van der Waals surface area contributed by atoms with Crippen molar-refractivity contribution in [1.29, 1.82) is 0 Å². The van der Waals surface area contributed by atoms with Gasteiger partial charge in [-0.1, -0.05) is 18.2 Å². The molecule has 0 radical (unpaired) electrons. The van der Waals surface area contributed by atoms with Gasteiger partial charge in [-0.05, 0) is 30.7 Å². The predicted octanol–water partition coefficient (Wildman–Crippen LogP) is 3.22. The average Bonchev–Trinajstić information content (AvgIpc) is 2.29. The standard InChI is InChI=1S/C13H14N2O/c1-10-5-3-6-11(9-10)16-13-8-4-7-12(14-2)15-13/h3-9H,1-2H3,(H,14,15). The summed E-state index contributed by atoms with van der Waals surface area (Å²) < 4.78 is 5.65. The zero-order chi connectivity index (χ0) is 11.4. The van der Waals surface area contributed by atoms with Crippen LogP contribution < -0.4 is 10.1 Å². The lowest BCUT2D eigenvalue weighted by atomic mass is 10.2. The fourth-order valence-electron chi connectivity index (χ4n) is 1.41. The van der Waals surface area contributed by atoms with E-state index in [0.717, 1.165) is 11.6 Å². The molecule has 1 N–H and O–H groups in total. The van der Waals surface area contributed by atoms with Gasteiger partial charge in [0.1, 0.15) is 11.6 Å². The topological polar surface area (TPSA) is 34.1 Å². The largest absolute Gasteiger partial charge is 0.439 e. The van der Waals surface area contributed by atoms with Gasteiger partial charge in [-0.15, -0.1) is 0 Å². The third kappa shape index (κ3) is 2.51. The fourth-order valence-corrected chi connectivity index (χ4v) is 1.41. The molecule has 0 aliphatic rings. The highest BCUT2D eigenvalue weighted by Crippen LogP contribution is 2.21. The summed E-state index contributed by atoms with van der Waals surface area (Å²) in [6, 6.07) is 13.5. The van der Waals surface area contributed by atoms with Gasteiger partial charge in [0.15, 0.2) is 0 Å². The highest BCUT2D eigenvalue weighted by atomic mass is 16.5. The minimum Gasteiger partial charge on any atom is -0.439 e. The first-order valence-corrected chi connectivity index (χ1v) is 5.17. The Labute approximate surface area is 95.1 Å². The van der Waals surface area contributed by atoms with E-state index < -0.39 is 0 Å². The first-order valence-electron chi connectivity index (χ1n) is 5.17. The lowest BCUT2D eigenvalue weighted by Crippen LogP contribution is -1.94. The molecule has 0 saturated heterocycles. The van der Waals surface area contributed by atoms with Gasteiger partial charge in [0.2, 0.25) is 5.88 Å². The summed E-state index contributed by atoms with van der Waals surface area (Å²) in [7, 11) is 1.83. The summed E-state index contributed by atoms with van der Waals surface area (Å²) in [5.41, 5.74) is 1.17. The summed E-state index contributed by atoms with van der Waals surface area (Å²) >= 11 is 0. The van der Waals surface area contributed by atoms with Crippen LogP contribution >= 0.6 is 0 Å². The van der Waals surface area contributed by atoms with Crippen molar-refractivity contribution in [2.75, 3.05) is 12.4 Å². The molecule has 0 fully saturated rings. The third-order valence-corrected chi connectivity index (χ3v) is 2.19. The number of anilines is 1. The Morgan fingerprint density at radius 2 is 1.94 bits per heavy atom. The van der Waals surface area contributed by atoms with Crippen molar-refractivity contribution in [3.05, 3.63) is 48.0 Å². The molecule has 16 heavy (non-hydrogen) atoms. The molecule has 0 unspecified atom stereocenters. The van der Waals surface area contributed by atoms with Crippen molar-refractivity contribution in [2.45, 2.75) is 6.92 Å². The smallest absolute Gasteiger partial charge is 0.221 e. The molecule has 3 heteroatoms. The first-order chi connectivity index (χ1) is 7.78. The number of pyridine rings is 1. The van der Waals surface area contributed by atoms with E-state index in [1.807, 2.05) is 56.4 Å². The Balaban J connectivity index is 2.20. The van der Waals surface area contributed by atoms with Gasteiger partial charge in [0, 0.05) is 13.1 Å². The molecule has 0 bridgehead atoms. The van der Waals surface area contributed by atoms with E-state index >= 15 is 0 Å². The van der Waals surface area contributed by atoms with Crippen LogP contribution in [0.3, 0.4) is 0 Å². The maximum atomic E-state index is 5.65. The number of rotatable bonds is 3. The molecule has 1 aromatic heterocycles. The van der Waals surface area contributed by atoms with Crippen LogP contribution in [0.5, 0.6) is 11.6 Å². The minimum atomic E-state index is 0.595. The molecular weight excluding hydrogens is 200 g/mol. The van der Waals surface area contributed by atoms with Gasteiger partial charge in [0.25, 0.3) is 0 Å². The van der Waals surface area contributed by atoms with Crippen LogP contribution in [0.15, 0.2) is 42.5 Å². The number of nitrogens with zero attached hydrogens (tertiary/aromatic N) is 1. The second-order valence-electron chi connectivity index (χ2n) is 3.53. The van der Waals surface area contributed by atoms with Crippen molar-refractivity contribution in [3.63, 3.8) is 0 Å². The molecule has 0 saturated carbocycles. The van der Waals surface area contributed by atoms with Crippen LogP contribution in [-0.2, 0) is 0 Å². The number of hydrogen-bond donors (Lipinski definition) is 1. The van der Waals surface area contributed by atoms with E-state index in [1.165, 1.54) is 5.56 Å². The summed E-state index contributed by atoms with van der Waals surface area (Å²) in [5, 5.41) is 2.97. The van der Waals surface area contributed by atoms with Crippen LogP contribution in [-0.4, -0.2) is 12.0 Å². The Hall–Kier alpha value is -2.03. The van der Waals surface area contributed by atoms with Crippen molar-refractivity contribution in [1.82, 2.24) is 4.98 Å². The maximum absolute atomic E-state index is 5.65. The first kappa shape index (κ1) is 10.5. The molecule has 0 amide bonds. The summed E-state index contributed by atoms with van der Waals surface area (Å²) in [4.78, 5) is 4.28. The lowest BCUT2D eigenvalue weighted by Gasteiger charge is -2.06. The van der Waals surface area contributed by atoms with Crippen molar-refractivity contribution < 1.29 is 4.74 Å². The monoisotopic (exact) mass is 214 g/mol. The molecule has 2 rings (SSSR count). The maximum Gasteiger partial charge on any atom is 0.221 e. The number of benzene rings is 1. The number of aromatic nitrogens is 1. The second-order valence-corrected chi connectivity index (χ2v) is 3.53. The van der Waals surface area contributed by atoms with E-state index in [0.29, 0.717) is 5.88 Å². The fraction of sp³-hybridized carbons (Fsp3) is 0.154. The number of aryl methyl sites for hydroxylation is 1. The van der Waals surface area contributed by atoms with E-state index in [9.17, 15) is 0 Å². The highest BCUT2D eigenvalue weighted by Gasteiger charge is 1.99. The Kier molecular flexibility index (Phi) is 3.05. The molecule has 0 aliphatic carbocycles. The predicted molar refractivity (Wildman–Crippen MR) is 65.0 cm³/mol. The number of nitrogens with one attached hydrogen (secondary N) is 1. The molecule has 3 nitrogen and oxygen atoms in total. The van der Waals surface area contributed by atoms with Gasteiger partial charge >= 0.3 is 0 Å². The van der Waals surface area contributed by atoms with Gasteiger partial charge in [-0.2, -0.15) is 4.98 Å². The van der Waals surface area contributed by atoms with E-state index in [1.54, 1.807) is 0 Å². The lowest BCUT2D eigenvalue weighted by molar-refractivity contribution is 0.463. The van der Waals surface area contributed by atoms with Crippen molar-refractivity contribution in [3.8, 4) is 11.6 Å². The molecule has 0 aliphatic heterocycles. The van der Waals surface area contributed by atoms with Gasteiger partial charge in [0.05, 0.1) is 0 Å². The summed E-state index contributed by atoms with van der Waals surface area (Å²) in [6.45, 7) is 2.03. The molecule has 1 heterocycles. The van der Waals surface area contributed by atoms with Crippen molar-refractivity contribution in [2.24, 2.45) is 0 Å². The van der Waals surface area contributed by atoms with Gasteiger partial charge in [-0.3, -0.25) is 0 Å². The van der Waals surface area contributed by atoms with Crippen molar-refractivity contribution >= 4 is 5.82 Å². The summed E-state index contributed by atoms with van der Waals surface area (Å²) in [6.07, 6.45) is 0. The zero-order valence-corrected chi connectivity index (χ0v) is 9.40. The van der Waals surface area contributed by atoms with Crippen LogP contribution in [0.4, 0.5) is 5.82 Å². The minimum absolute atomic E-state index is 0.595. The quantitative estimate of drug-likeness (QED) is 0.851. The van der Waals surface area contributed by atoms with Gasteiger partial charge in [-0.25, -0.2) is 0 Å². The highest BCUT2D eigenvalue weighted by molar-refractivity contribution is 5.38. The third-order valence-electron chi connectivity index (χ3n) is 2.19. The van der Waals surface area contributed by atoms with E-state index in [4.69, 9.17) is 4.74 Å². The van der Waals surface area contributed by atoms with E-state index in [2.05, 4.69) is 10.3 Å². The number of ether oxygens (including phenoxy) is 1. The Morgan fingerprint density at radius 3 is 2.69 bits per heavy atom. The zero-order valence-electron chi connectivity index (χ0n) is 9.40.